The van der Waals surface area contributed by atoms with Gasteiger partial charge in [-0.25, -0.2) is 28.4 Å². The van der Waals surface area contributed by atoms with E-state index < -0.39 is 53.6 Å². The molecule has 9 nitrogen and oxygen atoms in total. The Morgan fingerprint density at radius 2 is 1.95 bits per heavy atom. The van der Waals surface area contributed by atoms with Crippen LogP contribution in [0.1, 0.15) is 50.9 Å². The first-order valence-corrected chi connectivity index (χ1v) is 19.0. The summed E-state index contributed by atoms with van der Waals surface area (Å²) in [4.78, 5) is 39.8. The monoisotopic (exact) mass is 666 g/mol. The minimum atomic E-state index is -1.44. The smallest absolute Gasteiger partial charge is 0.418 e. The highest BCUT2D eigenvalue weighted by Crippen LogP contribution is 2.66. The van der Waals surface area contributed by atoms with E-state index in [9.17, 15) is 14.7 Å². The normalized spacial score (nSPS) is 23.5. The lowest BCUT2D eigenvalue weighted by molar-refractivity contribution is -0.137. The van der Waals surface area contributed by atoms with E-state index in [1.807, 2.05) is 0 Å². The third-order valence-electron chi connectivity index (χ3n) is 7.31. The predicted octanol–water partition coefficient (Wildman–Crippen LogP) is 7.45. The number of benzene rings is 1. The van der Waals surface area contributed by atoms with Gasteiger partial charge in [0, 0.05) is 26.2 Å². The van der Waals surface area contributed by atoms with Gasteiger partial charge in [-0.2, -0.15) is 0 Å². The average Bonchev–Trinajstić information content (AvgIpc) is 3.66. The zero-order valence-electron chi connectivity index (χ0n) is 25.8. The summed E-state index contributed by atoms with van der Waals surface area (Å²) in [6, 6.07) is 4.85. The maximum Gasteiger partial charge on any atom is 0.418 e. The summed E-state index contributed by atoms with van der Waals surface area (Å²) >= 11 is 6.70. The van der Waals surface area contributed by atoms with E-state index in [4.69, 9.17) is 26.1 Å². The van der Waals surface area contributed by atoms with Crippen molar-refractivity contribution in [3.05, 3.63) is 58.4 Å². The van der Waals surface area contributed by atoms with Gasteiger partial charge in [-0.3, -0.25) is 9.79 Å². The summed E-state index contributed by atoms with van der Waals surface area (Å²) in [6.45, 7) is 13.6. The molecule has 2 aromatic rings. The van der Waals surface area contributed by atoms with Gasteiger partial charge in [0.15, 0.2) is 11.0 Å². The Labute approximate surface area is 266 Å². The van der Waals surface area contributed by atoms with Crippen molar-refractivity contribution in [3.8, 4) is 0 Å². The summed E-state index contributed by atoms with van der Waals surface area (Å²) in [5, 5.41) is 10.5. The largest absolute Gasteiger partial charge is 0.480 e. The van der Waals surface area contributed by atoms with E-state index in [0.717, 1.165) is 17.8 Å². The molecule has 1 aliphatic heterocycles. The summed E-state index contributed by atoms with van der Waals surface area (Å²) < 4.78 is 40.8. The number of amidine groups is 1. The molecule has 44 heavy (non-hydrogen) atoms. The number of hydrogen-bond acceptors (Lipinski definition) is 8. The molecule has 1 aromatic carbocycles. The van der Waals surface area contributed by atoms with Crippen LogP contribution in [0.4, 0.5) is 13.6 Å². The second-order valence-electron chi connectivity index (χ2n) is 13.3. The highest BCUT2D eigenvalue weighted by atomic mass is 35.5. The van der Waals surface area contributed by atoms with E-state index in [1.165, 1.54) is 41.6 Å². The minimum Gasteiger partial charge on any atom is -0.480 e. The van der Waals surface area contributed by atoms with Gasteiger partial charge in [-0.1, -0.05) is 49.1 Å². The van der Waals surface area contributed by atoms with Gasteiger partial charge in [0.25, 0.3) is 0 Å². The topological polar surface area (TPSA) is 114 Å². The number of rotatable bonds is 9. The molecule has 1 amide bonds. The Morgan fingerprint density at radius 3 is 2.55 bits per heavy atom. The van der Waals surface area contributed by atoms with Crippen LogP contribution in [0.15, 0.2) is 35.6 Å². The number of ether oxygens (including phenoxy) is 2. The third kappa shape index (κ3) is 7.67. The van der Waals surface area contributed by atoms with Crippen molar-refractivity contribution in [2.75, 3.05) is 13.3 Å². The summed E-state index contributed by atoms with van der Waals surface area (Å²) in [6.07, 6.45) is 2.98. The van der Waals surface area contributed by atoms with Crippen LogP contribution in [0.5, 0.6) is 0 Å². The number of amides is 1. The minimum absolute atomic E-state index is 0.0499. The lowest BCUT2D eigenvalue weighted by Gasteiger charge is -2.37. The molecule has 1 saturated carbocycles. The fourth-order valence-corrected chi connectivity index (χ4v) is 7.19. The fraction of sp³-hybridized carbons (Fsp3) is 0.500. The van der Waals surface area contributed by atoms with Crippen LogP contribution in [-0.2, 0) is 19.8 Å². The summed E-state index contributed by atoms with van der Waals surface area (Å²) in [7, 11) is -1.44. The van der Waals surface area contributed by atoms with Gasteiger partial charge in [0.2, 0.25) is 0 Å². The molecule has 238 valence electrons. The molecule has 1 N–H and O–H groups in total. The van der Waals surface area contributed by atoms with Gasteiger partial charge in [0.1, 0.15) is 33.7 Å². The number of aromatic nitrogens is 2. The van der Waals surface area contributed by atoms with Gasteiger partial charge < -0.3 is 14.6 Å². The number of fused-ring (bicyclic) bond motifs is 1. The molecule has 3 atom stereocenters. The molecular formula is C30H37ClF2N4O5SSi. The maximum absolute atomic E-state index is 15.6. The number of carboxylic acids is 1. The number of nitrogens with zero attached hydrogens (tertiary/aromatic N) is 4. The Hall–Kier alpha value is -2.87. The molecule has 2 aliphatic rings. The van der Waals surface area contributed by atoms with Crippen LogP contribution >= 0.6 is 23.4 Å². The highest BCUT2D eigenvalue weighted by molar-refractivity contribution is 8.15. The van der Waals surface area contributed by atoms with Crippen LogP contribution in [0, 0.1) is 11.7 Å². The molecule has 1 aliphatic carbocycles. The standard InChI is InChI=1S/C30H37ClF2N4O5SSi/c1-28(2,3)42-27(40)37(17-41-10-11-44(5,6)7)26-36-29(4,23-14-30(23,43-26)25(38)39)19-12-18(8-9-20(19)32)13-21(33)22-15-35-24(31)16-34-22/h8-9,12-13,15-16,23H,10-11,14,17H2,1-7H3,(H,38,39). The second-order valence-corrected chi connectivity index (χ2v) is 20.6. The molecule has 0 radical (unpaired) electrons. The van der Waals surface area contributed by atoms with Crippen molar-refractivity contribution >= 4 is 60.6 Å². The number of carboxylic acid groups (broad SMARTS) is 1. The summed E-state index contributed by atoms with van der Waals surface area (Å²) in [5.41, 5.74) is -1.96. The van der Waals surface area contributed by atoms with Crippen LogP contribution in [0.3, 0.4) is 0 Å². The zero-order valence-corrected chi connectivity index (χ0v) is 28.4. The van der Waals surface area contributed by atoms with E-state index >= 15 is 8.78 Å². The molecule has 4 rings (SSSR count). The molecule has 0 saturated heterocycles. The number of carbonyl (C=O) groups is 2. The molecule has 1 fully saturated rings. The van der Waals surface area contributed by atoms with Crippen LogP contribution < -0.4 is 0 Å². The van der Waals surface area contributed by atoms with Crippen molar-refractivity contribution in [3.63, 3.8) is 0 Å². The van der Waals surface area contributed by atoms with Gasteiger partial charge in [-0.05, 0) is 63.9 Å². The number of aliphatic carboxylic acids is 1. The lowest BCUT2D eigenvalue weighted by Crippen LogP contribution is -2.47. The molecule has 1 aromatic heterocycles. The molecule has 2 heterocycles. The fourth-order valence-electron chi connectivity index (χ4n) is 4.83. The molecule has 0 bridgehead atoms. The number of hydrogen-bond donors (Lipinski definition) is 1. The van der Waals surface area contributed by atoms with Crippen molar-refractivity contribution in [2.24, 2.45) is 10.9 Å². The SMILES string of the molecule is CC(C)(C)OC(=O)N(COCC[Si](C)(C)C)C1=NC(C)(c2cc(C=C(F)c3cnc(Cl)cn3)ccc2F)C2CC2(C(=O)O)S1. The lowest BCUT2D eigenvalue weighted by atomic mass is 9.84. The van der Waals surface area contributed by atoms with Crippen molar-refractivity contribution < 1.29 is 33.0 Å². The van der Waals surface area contributed by atoms with E-state index in [0.29, 0.717) is 12.2 Å². The van der Waals surface area contributed by atoms with Crippen molar-refractivity contribution in [1.82, 2.24) is 14.9 Å². The van der Waals surface area contributed by atoms with E-state index in [-0.39, 0.29) is 34.7 Å². The Balaban J connectivity index is 1.76. The Kier molecular flexibility index (Phi) is 9.66. The first kappa shape index (κ1) is 34.0. The molecule has 14 heteroatoms. The maximum atomic E-state index is 15.6. The first-order chi connectivity index (χ1) is 20.3. The first-order valence-electron chi connectivity index (χ1n) is 14.1. The van der Waals surface area contributed by atoms with Crippen LogP contribution in [-0.4, -0.2) is 69.0 Å². The summed E-state index contributed by atoms with van der Waals surface area (Å²) in [5.74, 6) is -3.07. The van der Waals surface area contributed by atoms with Gasteiger partial charge in [0.05, 0.1) is 17.9 Å². The Bertz CT molecular complexity index is 1500. The Morgan fingerprint density at radius 1 is 1.25 bits per heavy atom. The second kappa shape index (κ2) is 12.5. The van der Waals surface area contributed by atoms with Crippen molar-refractivity contribution in [1.29, 1.82) is 0 Å². The van der Waals surface area contributed by atoms with Crippen LogP contribution in [0.25, 0.3) is 11.9 Å². The average molecular weight is 667 g/mol. The van der Waals surface area contributed by atoms with Gasteiger partial charge >= 0.3 is 12.1 Å². The molecular weight excluding hydrogens is 630 g/mol. The number of halogens is 3. The highest BCUT2D eigenvalue weighted by Gasteiger charge is 2.72. The zero-order chi connectivity index (χ0) is 32.7. The third-order valence-corrected chi connectivity index (χ3v) is 10.7. The number of thioether (sulfide) groups is 1. The van der Waals surface area contributed by atoms with E-state index in [2.05, 4.69) is 29.6 Å². The van der Waals surface area contributed by atoms with Crippen LogP contribution in [0.2, 0.25) is 30.8 Å². The number of carbonyl (C=O) groups excluding carboxylic acids is 1. The van der Waals surface area contributed by atoms with E-state index in [1.54, 1.807) is 27.7 Å². The number of aliphatic imine (C=N–C) groups is 1. The predicted molar refractivity (Wildman–Crippen MR) is 170 cm³/mol. The van der Waals surface area contributed by atoms with Gasteiger partial charge in [-0.15, -0.1) is 0 Å². The molecule has 3 unspecified atom stereocenters. The molecule has 0 spiro atoms. The van der Waals surface area contributed by atoms with Crippen molar-refractivity contribution in [2.45, 2.75) is 75.7 Å². The quantitative estimate of drug-likeness (QED) is 0.167.